The third kappa shape index (κ3) is 4.73. The lowest BCUT2D eigenvalue weighted by Crippen LogP contribution is -2.28. The summed E-state index contributed by atoms with van der Waals surface area (Å²) in [5, 5.41) is 4.30. The molecule has 2 aromatic rings. The van der Waals surface area contributed by atoms with Gasteiger partial charge in [-0.3, -0.25) is 14.2 Å². The Kier molecular flexibility index (Phi) is 7.32. The molecule has 27 heavy (non-hydrogen) atoms. The fourth-order valence-corrected chi connectivity index (χ4v) is 5.45. The molecule has 1 aliphatic carbocycles. The van der Waals surface area contributed by atoms with Crippen molar-refractivity contribution in [3.63, 3.8) is 0 Å². The average molecular weight is 410 g/mol. The van der Waals surface area contributed by atoms with Gasteiger partial charge in [-0.05, 0) is 37.7 Å². The number of thioether (sulfide) groups is 1. The largest absolute Gasteiger partial charge is 0.383 e. The zero-order valence-electron chi connectivity index (χ0n) is 16.0. The summed E-state index contributed by atoms with van der Waals surface area (Å²) in [5.41, 5.74) is 1.20. The molecule has 0 atom stereocenters. The van der Waals surface area contributed by atoms with E-state index in [2.05, 4.69) is 12.2 Å². The minimum Gasteiger partial charge on any atom is -0.383 e. The van der Waals surface area contributed by atoms with Crippen LogP contribution in [0.15, 0.2) is 9.95 Å². The molecule has 1 amide bonds. The predicted octanol–water partition coefficient (Wildman–Crippen LogP) is 2.99. The van der Waals surface area contributed by atoms with Crippen LogP contribution in [0, 0.1) is 0 Å². The first-order chi connectivity index (χ1) is 13.2. The number of hydrogen-bond acceptors (Lipinski definition) is 6. The van der Waals surface area contributed by atoms with Gasteiger partial charge in [-0.15, -0.1) is 11.3 Å². The number of ether oxygens (including phenoxy) is 1. The molecule has 0 aromatic carbocycles. The second-order valence-corrected chi connectivity index (χ2v) is 8.75. The molecule has 0 radical (unpaired) electrons. The van der Waals surface area contributed by atoms with Gasteiger partial charge in [0.15, 0.2) is 5.16 Å². The molecule has 1 aliphatic rings. The summed E-state index contributed by atoms with van der Waals surface area (Å²) in [5.74, 6) is 0.242. The first kappa shape index (κ1) is 20.4. The predicted molar refractivity (Wildman–Crippen MR) is 111 cm³/mol. The molecule has 0 saturated heterocycles. The third-order valence-corrected chi connectivity index (χ3v) is 6.91. The number of nitrogens with one attached hydrogen (secondary N) is 1. The fraction of sp³-hybridized carbons (Fsp3) is 0.632. The van der Waals surface area contributed by atoms with Crippen LogP contribution in [0.25, 0.3) is 10.2 Å². The van der Waals surface area contributed by atoms with E-state index in [0.717, 1.165) is 42.3 Å². The van der Waals surface area contributed by atoms with Crippen molar-refractivity contribution in [1.29, 1.82) is 0 Å². The van der Waals surface area contributed by atoms with Crippen LogP contribution < -0.4 is 10.9 Å². The number of aryl methyl sites for hydroxylation is 2. The van der Waals surface area contributed by atoms with Crippen molar-refractivity contribution in [3.8, 4) is 0 Å². The monoisotopic (exact) mass is 409 g/mol. The third-order valence-electron chi connectivity index (χ3n) is 4.74. The Morgan fingerprint density at radius 3 is 2.96 bits per heavy atom. The summed E-state index contributed by atoms with van der Waals surface area (Å²) in [6.45, 7) is 3.67. The van der Waals surface area contributed by atoms with Gasteiger partial charge in [-0.25, -0.2) is 4.98 Å². The smallest absolute Gasteiger partial charge is 0.263 e. The quantitative estimate of drug-likeness (QED) is 0.392. The highest BCUT2D eigenvalue weighted by Crippen LogP contribution is 2.34. The molecule has 0 aliphatic heterocycles. The van der Waals surface area contributed by atoms with Crippen molar-refractivity contribution in [3.05, 3.63) is 20.8 Å². The molecule has 3 rings (SSSR count). The van der Waals surface area contributed by atoms with Crippen LogP contribution in [-0.2, 0) is 28.9 Å². The van der Waals surface area contributed by atoms with Crippen LogP contribution in [-0.4, -0.2) is 41.5 Å². The normalized spacial score (nSPS) is 13.7. The number of thiophene rings is 1. The number of aromatic nitrogens is 2. The average Bonchev–Trinajstić information content (AvgIpc) is 3.04. The maximum Gasteiger partial charge on any atom is 0.263 e. The van der Waals surface area contributed by atoms with E-state index >= 15 is 0 Å². The van der Waals surface area contributed by atoms with E-state index in [1.807, 2.05) is 0 Å². The lowest BCUT2D eigenvalue weighted by Gasteiger charge is -2.13. The molecule has 0 bridgehead atoms. The van der Waals surface area contributed by atoms with Crippen molar-refractivity contribution in [2.75, 3.05) is 26.0 Å². The number of amides is 1. The van der Waals surface area contributed by atoms with Crippen molar-refractivity contribution < 1.29 is 9.53 Å². The Balaban J connectivity index is 1.88. The molecule has 1 N–H and O–H groups in total. The van der Waals surface area contributed by atoms with Gasteiger partial charge in [0.1, 0.15) is 4.83 Å². The van der Waals surface area contributed by atoms with E-state index in [0.29, 0.717) is 24.9 Å². The summed E-state index contributed by atoms with van der Waals surface area (Å²) in [4.78, 5) is 32.1. The summed E-state index contributed by atoms with van der Waals surface area (Å²) in [6, 6.07) is 0. The van der Waals surface area contributed by atoms with Gasteiger partial charge in [0.05, 0.1) is 24.3 Å². The van der Waals surface area contributed by atoms with E-state index in [4.69, 9.17) is 9.72 Å². The minimum absolute atomic E-state index is 0.00495. The molecule has 8 heteroatoms. The van der Waals surface area contributed by atoms with Crippen LogP contribution in [0.2, 0.25) is 0 Å². The number of methoxy groups -OCH3 is 1. The fourth-order valence-electron chi connectivity index (χ4n) is 3.30. The number of carbonyl (C=O) groups excluding carboxylic acids is 1. The minimum atomic E-state index is -0.0217. The molecular weight excluding hydrogens is 382 g/mol. The van der Waals surface area contributed by atoms with Crippen molar-refractivity contribution in [1.82, 2.24) is 14.9 Å². The number of rotatable bonds is 9. The number of fused-ring (bicyclic) bond motifs is 3. The van der Waals surface area contributed by atoms with Gasteiger partial charge in [0.25, 0.3) is 5.56 Å². The highest BCUT2D eigenvalue weighted by molar-refractivity contribution is 7.99. The van der Waals surface area contributed by atoms with E-state index < -0.39 is 0 Å². The van der Waals surface area contributed by atoms with Crippen LogP contribution in [0.3, 0.4) is 0 Å². The second kappa shape index (κ2) is 9.71. The summed E-state index contributed by atoms with van der Waals surface area (Å²) >= 11 is 2.97. The van der Waals surface area contributed by atoms with Crippen LogP contribution in [0.1, 0.15) is 43.0 Å². The molecule has 2 aromatic heterocycles. The van der Waals surface area contributed by atoms with Gasteiger partial charge in [0.2, 0.25) is 5.91 Å². The molecule has 0 saturated carbocycles. The van der Waals surface area contributed by atoms with Crippen molar-refractivity contribution in [2.24, 2.45) is 0 Å². The van der Waals surface area contributed by atoms with E-state index in [9.17, 15) is 9.59 Å². The summed E-state index contributed by atoms with van der Waals surface area (Å²) in [6.07, 6.45) is 6.33. The molecular formula is C19H27N3O3S2. The molecule has 148 valence electrons. The van der Waals surface area contributed by atoms with Gasteiger partial charge in [0, 0.05) is 18.5 Å². The number of hydrogen-bond donors (Lipinski definition) is 1. The SMILES string of the molecule is CCCCNC(=O)CSc1nc2sc3c(c2c(=O)n1CCOC)CCCC3. The summed E-state index contributed by atoms with van der Waals surface area (Å²) in [7, 11) is 1.62. The number of carbonyl (C=O) groups is 1. The topological polar surface area (TPSA) is 73.2 Å². The maximum absolute atomic E-state index is 13.2. The van der Waals surface area contributed by atoms with Gasteiger partial charge < -0.3 is 10.1 Å². The Bertz CT molecular complexity index is 860. The van der Waals surface area contributed by atoms with Gasteiger partial charge in [-0.2, -0.15) is 0 Å². The molecule has 6 nitrogen and oxygen atoms in total. The second-order valence-electron chi connectivity index (χ2n) is 6.73. The standard InChI is InChI=1S/C19H27N3O3S2/c1-3-4-9-20-15(23)12-26-19-21-17-16(18(24)22(19)10-11-25-2)13-7-5-6-8-14(13)27-17/h3-12H2,1-2H3,(H,20,23). The summed E-state index contributed by atoms with van der Waals surface area (Å²) < 4.78 is 6.86. The lowest BCUT2D eigenvalue weighted by molar-refractivity contribution is -0.118. The Hall–Kier alpha value is -1.38. The number of unbranched alkanes of at least 4 members (excludes halogenated alkanes) is 1. The number of nitrogens with zero attached hydrogens (tertiary/aromatic N) is 2. The molecule has 2 heterocycles. The van der Waals surface area contributed by atoms with Crippen molar-refractivity contribution in [2.45, 2.75) is 57.1 Å². The van der Waals surface area contributed by atoms with Crippen LogP contribution in [0.4, 0.5) is 0 Å². The Labute approximate surface area is 167 Å². The lowest BCUT2D eigenvalue weighted by atomic mass is 9.97. The van der Waals surface area contributed by atoms with E-state index in [1.165, 1.54) is 28.6 Å². The zero-order chi connectivity index (χ0) is 19.2. The Morgan fingerprint density at radius 1 is 1.37 bits per heavy atom. The van der Waals surface area contributed by atoms with Crippen molar-refractivity contribution >= 4 is 39.2 Å². The van der Waals surface area contributed by atoms with Crippen LogP contribution >= 0.6 is 23.1 Å². The molecule has 0 spiro atoms. The van der Waals surface area contributed by atoms with Crippen LogP contribution in [0.5, 0.6) is 0 Å². The highest BCUT2D eigenvalue weighted by Gasteiger charge is 2.22. The first-order valence-corrected chi connectivity index (χ1v) is 11.4. The maximum atomic E-state index is 13.2. The molecule has 0 unspecified atom stereocenters. The van der Waals surface area contributed by atoms with E-state index in [1.54, 1.807) is 23.0 Å². The highest BCUT2D eigenvalue weighted by atomic mass is 32.2. The molecule has 0 fully saturated rings. The van der Waals surface area contributed by atoms with E-state index in [-0.39, 0.29) is 17.2 Å². The van der Waals surface area contributed by atoms with Gasteiger partial charge in [-0.1, -0.05) is 25.1 Å². The zero-order valence-corrected chi connectivity index (χ0v) is 17.6. The Morgan fingerprint density at radius 2 is 2.19 bits per heavy atom. The first-order valence-electron chi connectivity index (χ1n) is 9.59. The van der Waals surface area contributed by atoms with Gasteiger partial charge >= 0.3 is 0 Å².